The molecule has 1 aliphatic rings. The van der Waals surface area contributed by atoms with Gasteiger partial charge in [0.25, 0.3) is 0 Å². The van der Waals surface area contributed by atoms with E-state index in [4.69, 9.17) is 4.84 Å². The molecule has 1 heterocycles. The highest BCUT2D eigenvalue weighted by molar-refractivity contribution is 5.88. The van der Waals surface area contributed by atoms with Gasteiger partial charge in [0.05, 0.1) is 11.6 Å². The van der Waals surface area contributed by atoms with E-state index in [1.807, 2.05) is 36.4 Å². The zero-order valence-electron chi connectivity index (χ0n) is 16.6. The Morgan fingerprint density at radius 3 is 2.17 bits per heavy atom. The highest BCUT2D eigenvalue weighted by atomic mass is 35.5. The van der Waals surface area contributed by atoms with Crippen molar-refractivity contribution >= 4 is 24.1 Å². The fraction of sp³-hybridized carbons (Fsp3) is 0.391. The molecule has 1 unspecified atom stereocenters. The van der Waals surface area contributed by atoms with E-state index in [1.165, 1.54) is 11.1 Å². The second kappa shape index (κ2) is 12.2. The van der Waals surface area contributed by atoms with Crippen LogP contribution < -0.4 is 0 Å². The molecule has 1 fully saturated rings. The van der Waals surface area contributed by atoms with Crippen LogP contribution >= 0.6 is 12.4 Å². The Labute approximate surface area is 178 Å². The number of likely N-dealkylation sites (tertiary alicyclic amines) is 1. The van der Waals surface area contributed by atoms with Crippen LogP contribution in [0.25, 0.3) is 0 Å². The molecule has 6 heteroatoms. The van der Waals surface area contributed by atoms with Gasteiger partial charge in [-0.1, -0.05) is 65.8 Å². The minimum absolute atomic E-state index is 0. The molecule has 0 saturated carbocycles. The molecule has 0 aliphatic carbocycles. The number of oxime groups is 1. The molecule has 5 nitrogen and oxygen atoms in total. The number of benzene rings is 2. The normalized spacial score (nSPS) is 16.5. The first-order valence-corrected chi connectivity index (χ1v) is 9.91. The molecule has 0 aromatic heterocycles. The monoisotopic (exact) mass is 416 g/mol. The third-order valence-electron chi connectivity index (χ3n) is 5.05. The summed E-state index contributed by atoms with van der Waals surface area (Å²) in [5, 5.41) is 13.6. The van der Waals surface area contributed by atoms with Gasteiger partial charge in [0, 0.05) is 25.9 Å². The molecule has 3 rings (SSSR count). The lowest BCUT2D eigenvalue weighted by molar-refractivity contribution is -0.143. The molecule has 2 aromatic rings. The first kappa shape index (κ1) is 22.9. The van der Waals surface area contributed by atoms with E-state index < -0.39 is 5.97 Å². The molecule has 0 spiro atoms. The molecule has 1 atom stereocenters. The minimum atomic E-state index is -0.698. The highest BCUT2D eigenvalue weighted by Gasteiger charge is 2.24. The van der Waals surface area contributed by atoms with E-state index in [-0.39, 0.29) is 18.3 Å². The van der Waals surface area contributed by atoms with E-state index in [0.717, 1.165) is 37.9 Å². The predicted molar refractivity (Wildman–Crippen MR) is 118 cm³/mol. The fourth-order valence-electron chi connectivity index (χ4n) is 3.56. The van der Waals surface area contributed by atoms with Gasteiger partial charge in [-0.2, -0.15) is 0 Å². The molecule has 0 radical (unpaired) electrons. The van der Waals surface area contributed by atoms with Crippen LogP contribution in [0.2, 0.25) is 0 Å². The van der Waals surface area contributed by atoms with Gasteiger partial charge >= 0.3 is 5.97 Å². The lowest BCUT2D eigenvalue weighted by Gasteiger charge is -2.29. The summed E-state index contributed by atoms with van der Waals surface area (Å²) in [6.45, 7) is 2.71. The number of carboxylic acid groups (broad SMARTS) is 1. The molecule has 1 N–H and O–H groups in total. The summed E-state index contributed by atoms with van der Waals surface area (Å²) in [6, 6.07) is 20.5. The average molecular weight is 417 g/mol. The summed E-state index contributed by atoms with van der Waals surface area (Å²) in [4.78, 5) is 19.0. The number of hydrogen-bond acceptors (Lipinski definition) is 4. The van der Waals surface area contributed by atoms with E-state index in [1.54, 1.807) is 0 Å². The van der Waals surface area contributed by atoms with E-state index >= 15 is 0 Å². The Bertz CT molecular complexity index is 725. The Kier molecular flexibility index (Phi) is 9.68. The van der Waals surface area contributed by atoms with Crippen molar-refractivity contribution in [2.24, 2.45) is 11.1 Å². The van der Waals surface area contributed by atoms with Gasteiger partial charge in [-0.15, -0.1) is 12.4 Å². The average Bonchev–Trinajstić information content (AvgIpc) is 2.73. The Balaban J connectivity index is 0.00000300. The number of hydrogen-bond donors (Lipinski definition) is 1. The number of carbonyl (C=O) groups is 1. The summed E-state index contributed by atoms with van der Waals surface area (Å²) in [5.41, 5.74) is 3.40. The SMILES string of the molecule is Cl.O=C(O)C1CCCN(CCON=C(Cc2ccccc2)Cc2ccccc2)C1. The van der Waals surface area contributed by atoms with Gasteiger partial charge in [-0.05, 0) is 30.5 Å². The minimum Gasteiger partial charge on any atom is -0.481 e. The van der Waals surface area contributed by atoms with Crippen LogP contribution in [0.4, 0.5) is 0 Å². The second-order valence-electron chi connectivity index (χ2n) is 7.29. The van der Waals surface area contributed by atoms with Crippen molar-refractivity contribution in [3.8, 4) is 0 Å². The van der Waals surface area contributed by atoms with Gasteiger partial charge in [-0.25, -0.2) is 0 Å². The maximum Gasteiger partial charge on any atom is 0.307 e. The maximum absolute atomic E-state index is 11.2. The van der Waals surface area contributed by atoms with Gasteiger partial charge in [-0.3, -0.25) is 9.69 Å². The summed E-state index contributed by atoms with van der Waals surface area (Å²) >= 11 is 0. The summed E-state index contributed by atoms with van der Waals surface area (Å²) in [6.07, 6.45) is 3.19. The predicted octanol–water partition coefficient (Wildman–Crippen LogP) is 4.06. The molecule has 29 heavy (non-hydrogen) atoms. The van der Waals surface area contributed by atoms with Crippen molar-refractivity contribution < 1.29 is 14.7 Å². The molecule has 0 bridgehead atoms. The third-order valence-corrected chi connectivity index (χ3v) is 5.05. The van der Waals surface area contributed by atoms with Crippen LogP contribution in [-0.4, -0.2) is 47.9 Å². The Hall–Kier alpha value is -2.37. The summed E-state index contributed by atoms with van der Waals surface area (Å²) in [7, 11) is 0. The largest absolute Gasteiger partial charge is 0.481 e. The summed E-state index contributed by atoms with van der Waals surface area (Å²) < 4.78 is 0. The van der Waals surface area contributed by atoms with Crippen LogP contribution in [0.3, 0.4) is 0 Å². The quantitative estimate of drug-likeness (QED) is 0.380. The van der Waals surface area contributed by atoms with Crippen LogP contribution in [0.5, 0.6) is 0 Å². The molecule has 0 amide bonds. The van der Waals surface area contributed by atoms with Crippen LogP contribution in [0, 0.1) is 5.92 Å². The maximum atomic E-state index is 11.2. The molecule has 1 saturated heterocycles. The lowest BCUT2D eigenvalue weighted by Crippen LogP contribution is -2.40. The van der Waals surface area contributed by atoms with Gasteiger partial charge in [0.2, 0.25) is 0 Å². The highest BCUT2D eigenvalue weighted by Crippen LogP contribution is 2.16. The first-order valence-electron chi connectivity index (χ1n) is 9.91. The Morgan fingerprint density at radius 2 is 1.62 bits per heavy atom. The van der Waals surface area contributed by atoms with Crippen LogP contribution in [0.15, 0.2) is 65.8 Å². The first-order chi connectivity index (χ1) is 13.7. The van der Waals surface area contributed by atoms with Gasteiger partial charge in [0.15, 0.2) is 0 Å². The van der Waals surface area contributed by atoms with Crippen molar-refractivity contribution in [1.82, 2.24) is 4.90 Å². The van der Waals surface area contributed by atoms with Crippen molar-refractivity contribution in [3.63, 3.8) is 0 Å². The smallest absolute Gasteiger partial charge is 0.307 e. The summed E-state index contributed by atoms with van der Waals surface area (Å²) in [5.74, 6) is -0.958. The van der Waals surface area contributed by atoms with E-state index in [2.05, 4.69) is 34.3 Å². The van der Waals surface area contributed by atoms with Gasteiger partial charge in [0.1, 0.15) is 6.61 Å². The number of halogens is 1. The molecular formula is C23H29ClN2O3. The number of aliphatic carboxylic acids is 1. The van der Waals surface area contributed by atoms with Crippen LogP contribution in [-0.2, 0) is 22.5 Å². The number of carboxylic acids is 1. The number of piperidine rings is 1. The molecule has 2 aromatic carbocycles. The van der Waals surface area contributed by atoms with Crippen molar-refractivity contribution in [2.45, 2.75) is 25.7 Å². The third kappa shape index (κ3) is 7.87. The topological polar surface area (TPSA) is 62.1 Å². The fourth-order valence-corrected chi connectivity index (χ4v) is 3.56. The van der Waals surface area contributed by atoms with Crippen molar-refractivity contribution in [1.29, 1.82) is 0 Å². The molecule has 1 aliphatic heterocycles. The zero-order chi connectivity index (χ0) is 19.6. The van der Waals surface area contributed by atoms with Crippen molar-refractivity contribution in [2.75, 3.05) is 26.2 Å². The Morgan fingerprint density at radius 1 is 1.03 bits per heavy atom. The zero-order valence-corrected chi connectivity index (χ0v) is 17.4. The number of rotatable bonds is 9. The van der Waals surface area contributed by atoms with Gasteiger partial charge < -0.3 is 9.94 Å². The lowest BCUT2D eigenvalue weighted by atomic mass is 9.98. The standard InChI is InChI=1S/C23H28N2O3.ClH/c26-23(27)21-12-7-13-25(18-21)14-15-28-24-22(16-19-8-3-1-4-9-19)17-20-10-5-2-6-11-20;/h1-6,8-11,21H,7,12-18H2,(H,26,27);1H. The molecular weight excluding hydrogens is 388 g/mol. The molecule has 156 valence electrons. The second-order valence-corrected chi connectivity index (χ2v) is 7.29. The van der Waals surface area contributed by atoms with E-state index in [0.29, 0.717) is 19.7 Å². The van der Waals surface area contributed by atoms with Crippen molar-refractivity contribution in [3.05, 3.63) is 71.8 Å². The van der Waals surface area contributed by atoms with E-state index in [9.17, 15) is 9.90 Å². The number of nitrogens with zero attached hydrogens (tertiary/aromatic N) is 2. The van der Waals surface area contributed by atoms with Crippen LogP contribution in [0.1, 0.15) is 24.0 Å².